The van der Waals surface area contributed by atoms with Gasteiger partial charge in [-0.3, -0.25) is 4.79 Å². The zero-order valence-electron chi connectivity index (χ0n) is 17.7. The van der Waals surface area contributed by atoms with E-state index in [-0.39, 0.29) is 23.1 Å². The summed E-state index contributed by atoms with van der Waals surface area (Å²) in [6.45, 7) is 1.05. The number of piperidine rings is 1. The molecule has 10 heteroatoms. The predicted octanol–water partition coefficient (Wildman–Crippen LogP) is 4.13. The number of nitrogens with two attached hydrogens (primary N) is 1. The Labute approximate surface area is 183 Å². The maximum Gasteiger partial charge on any atom is 0.573 e. The zero-order valence-corrected chi connectivity index (χ0v) is 17.7. The van der Waals surface area contributed by atoms with E-state index in [9.17, 15) is 18.0 Å². The van der Waals surface area contributed by atoms with Crippen molar-refractivity contribution in [3.05, 3.63) is 47.8 Å². The molecule has 1 saturated heterocycles. The van der Waals surface area contributed by atoms with E-state index >= 15 is 0 Å². The Balaban J connectivity index is 1.45. The lowest BCUT2D eigenvalue weighted by molar-refractivity contribution is -0.274. The number of fused-ring (bicyclic) bond motifs is 1. The Morgan fingerprint density at radius 3 is 2.59 bits per heavy atom. The fourth-order valence-corrected chi connectivity index (χ4v) is 4.09. The number of likely N-dealkylation sites (tertiary alicyclic amines) is 1. The number of hydrogen-bond donors (Lipinski definition) is 2. The van der Waals surface area contributed by atoms with Crippen LogP contribution in [0.25, 0.3) is 11.0 Å². The number of pyridine rings is 1. The van der Waals surface area contributed by atoms with Crippen molar-refractivity contribution < 1.29 is 22.7 Å². The molecule has 1 aliphatic heterocycles. The van der Waals surface area contributed by atoms with Gasteiger partial charge in [0.05, 0.1) is 17.4 Å². The highest BCUT2D eigenvalue weighted by molar-refractivity contribution is 5.99. The number of anilines is 2. The Kier molecular flexibility index (Phi) is 5.62. The van der Waals surface area contributed by atoms with Crippen molar-refractivity contribution in [3.8, 4) is 5.75 Å². The number of ether oxygens (including phenoxy) is 1. The minimum absolute atomic E-state index is 0.0437. The van der Waals surface area contributed by atoms with E-state index in [0.29, 0.717) is 13.1 Å². The minimum Gasteiger partial charge on any atom is -0.406 e. The third kappa shape index (κ3) is 4.44. The summed E-state index contributed by atoms with van der Waals surface area (Å²) < 4.78 is 41.0. The van der Waals surface area contributed by atoms with Crippen molar-refractivity contribution in [1.29, 1.82) is 0 Å². The number of benzene rings is 1. The quantitative estimate of drug-likeness (QED) is 0.588. The molecule has 3 N–H and O–H groups in total. The Morgan fingerprint density at radius 1 is 1.25 bits per heavy atom. The number of H-pyrrole nitrogens is 1. The fourth-order valence-electron chi connectivity index (χ4n) is 4.09. The SMILES string of the molecule is CN(C)c1cnc2[nH]cc(C3CCN(C(=O)c4ccc(OC(F)(F)F)cc4N)CC3)c2c1. The monoisotopic (exact) mass is 447 g/mol. The largest absolute Gasteiger partial charge is 0.573 e. The molecule has 0 atom stereocenters. The highest BCUT2D eigenvalue weighted by atomic mass is 19.4. The molecule has 1 aromatic carbocycles. The summed E-state index contributed by atoms with van der Waals surface area (Å²) in [4.78, 5) is 24.3. The first-order chi connectivity index (χ1) is 15.1. The van der Waals surface area contributed by atoms with Gasteiger partial charge in [-0.15, -0.1) is 13.2 Å². The highest BCUT2D eigenvalue weighted by Gasteiger charge is 2.32. The molecule has 0 aliphatic carbocycles. The van der Waals surface area contributed by atoms with Gasteiger partial charge >= 0.3 is 6.36 Å². The average molecular weight is 447 g/mol. The van der Waals surface area contributed by atoms with Gasteiger partial charge in [-0.1, -0.05) is 0 Å². The third-order valence-electron chi connectivity index (χ3n) is 5.77. The van der Waals surface area contributed by atoms with Gasteiger partial charge in [0.2, 0.25) is 0 Å². The van der Waals surface area contributed by atoms with Crippen molar-refractivity contribution in [1.82, 2.24) is 14.9 Å². The second-order valence-electron chi connectivity index (χ2n) is 8.09. The number of rotatable bonds is 4. The van der Waals surface area contributed by atoms with Crippen LogP contribution in [0.5, 0.6) is 5.75 Å². The highest BCUT2D eigenvalue weighted by Crippen LogP contribution is 2.35. The number of carbonyl (C=O) groups is 1. The maximum absolute atomic E-state index is 12.9. The van der Waals surface area contributed by atoms with Crippen LogP contribution in [0.1, 0.15) is 34.7 Å². The zero-order chi connectivity index (χ0) is 23.0. The van der Waals surface area contributed by atoms with Crippen molar-refractivity contribution in [2.24, 2.45) is 0 Å². The maximum atomic E-state index is 12.9. The van der Waals surface area contributed by atoms with Gasteiger partial charge in [-0.2, -0.15) is 0 Å². The van der Waals surface area contributed by atoms with Crippen LogP contribution in [0.2, 0.25) is 0 Å². The number of nitrogens with one attached hydrogen (secondary N) is 1. The summed E-state index contributed by atoms with van der Waals surface area (Å²) in [5.41, 5.74) is 8.99. The van der Waals surface area contributed by atoms with Crippen LogP contribution in [0, 0.1) is 0 Å². The number of alkyl halides is 3. The Morgan fingerprint density at radius 2 is 1.97 bits per heavy atom. The molecule has 0 radical (unpaired) electrons. The van der Waals surface area contributed by atoms with Gasteiger partial charge in [0, 0.05) is 50.5 Å². The van der Waals surface area contributed by atoms with Crippen molar-refractivity contribution in [3.63, 3.8) is 0 Å². The second-order valence-corrected chi connectivity index (χ2v) is 8.09. The number of nitrogen functional groups attached to an aromatic ring is 1. The molecule has 170 valence electrons. The second kappa shape index (κ2) is 8.25. The molecule has 0 unspecified atom stereocenters. The predicted molar refractivity (Wildman–Crippen MR) is 116 cm³/mol. The third-order valence-corrected chi connectivity index (χ3v) is 5.77. The first-order valence-corrected chi connectivity index (χ1v) is 10.2. The lowest BCUT2D eigenvalue weighted by Gasteiger charge is -2.32. The number of aromatic amines is 1. The first kappa shape index (κ1) is 21.8. The molecule has 4 rings (SSSR count). The van der Waals surface area contributed by atoms with Gasteiger partial charge in [0.15, 0.2) is 0 Å². The molecule has 7 nitrogen and oxygen atoms in total. The van der Waals surface area contributed by atoms with Crippen molar-refractivity contribution in [2.75, 3.05) is 37.8 Å². The molecule has 2 aromatic heterocycles. The van der Waals surface area contributed by atoms with Crippen LogP contribution in [-0.2, 0) is 0 Å². The molecule has 1 aliphatic rings. The van der Waals surface area contributed by atoms with E-state index in [1.807, 2.05) is 31.4 Å². The number of halogens is 3. The summed E-state index contributed by atoms with van der Waals surface area (Å²) in [5.74, 6) is -0.475. The summed E-state index contributed by atoms with van der Waals surface area (Å²) in [6, 6.07) is 5.51. The normalized spacial score (nSPS) is 15.2. The molecular formula is C22H24F3N5O2. The summed E-state index contributed by atoms with van der Waals surface area (Å²) >= 11 is 0. The van der Waals surface area contributed by atoms with Gasteiger partial charge < -0.3 is 25.3 Å². The average Bonchev–Trinajstić information content (AvgIpc) is 3.15. The Bertz CT molecular complexity index is 1130. The van der Waals surface area contributed by atoms with Crippen LogP contribution in [0.4, 0.5) is 24.5 Å². The van der Waals surface area contributed by atoms with Gasteiger partial charge in [-0.25, -0.2) is 4.98 Å². The molecule has 3 aromatic rings. The molecule has 0 spiro atoms. The number of amides is 1. The number of hydrogen-bond acceptors (Lipinski definition) is 5. The number of nitrogens with zero attached hydrogens (tertiary/aromatic N) is 3. The van der Waals surface area contributed by atoms with Crippen LogP contribution < -0.4 is 15.4 Å². The number of carbonyl (C=O) groups excluding carboxylic acids is 1. The van der Waals surface area contributed by atoms with Gasteiger partial charge in [0.25, 0.3) is 5.91 Å². The van der Waals surface area contributed by atoms with Crippen LogP contribution in [0.3, 0.4) is 0 Å². The van der Waals surface area contributed by atoms with E-state index in [1.165, 1.54) is 11.6 Å². The molecule has 1 amide bonds. The number of aromatic nitrogens is 2. The summed E-state index contributed by atoms with van der Waals surface area (Å²) in [6.07, 6.45) is 0.515. The van der Waals surface area contributed by atoms with Crippen molar-refractivity contribution in [2.45, 2.75) is 25.1 Å². The molecule has 0 saturated carbocycles. The van der Waals surface area contributed by atoms with Gasteiger partial charge in [-0.05, 0) is 42.5 Å². The first-order valence-electron chi connectivity index (χ1n) is 10.2. The van der Waals surface area contributed by atoms with Crippen molar-refractivity contribution >= 4 is 28.3 Å². The summed E-state index contributed by atoms with van der Waals surface area (Å²) in [5, 5.41) is 1.07. The van der Waals surface area contributed by atoms with Crippen LogP contribution in [-0.4, -0.2) is 54.3 Å². The van der Waals surface area contributed by atoms with Crippen LogP contribution >= 0.6 is 0 Å². The molecule has 1 fully saturated rings. The summed E-state index contributed by atoms with van der Waals surface area (Å²) in [7, 11) is 3.93. The molecule has 3 heterocycles. The standard InChI is InChI=1S/C22H24F3N5O2/c1-29(2)14-9-17-18(12-28-20(17)27-11-14)13-5-7-30(8-6-13)21(31)16-4-3-15(10-19(16)26)32-22(23,24)25/h3-4,9-13H,5-8,26H2,1-2H3,(H,27,28). The topological polar surface area (TPSA) is 87.5 Å². The van der Waals surface area contributed by atoms with E-state index in [4.69, 9.17) is 5.73 Å². The van der Waals surface area contributed by atoms with E-state index in [2.05, 4.69) is 20.8 Å². The van der Waals surface area contributed by atoms with E-state index in [0.717, 1.165) is 41.7 Å². The molecular weight excluding hydrogens is 423 g/mol. The van der Waals surface area contributed by atoms with E-state index < -0.39 is 12.1 Å². The fraction of sp³-hybridized carbons (Fsp3) is 0.364. The smallest absolute Gasteiger partial charge is 0.406 e. The van der Waals surface area contributed by atoms with Crippen LogP contribution in [0.15, 0.2) is 36.7 Å². The lowest BCUT2D eigenvalue weighted by atomic mass is 9.89. The Hall–Kier alpha value is -3.43. The lowest BCUT2D eigenvalue weighted by Crippen LogP contribution is -2.38. The van der Waals surface area contributed by atoms with Gasteiger partial charge in [0.1, 0.15) is 11.4 Å². The molecule has 0 bridgehead atoms. The minimum atomic E-state index is -4.81. The van der Waals surface area contributed by atoms with E-state index in [1.54, 1.807) is 4.90 Å². The molecule has 32 heavy (non-hydrogen) atoms.